The Morgan fingerprint density at radius 3 is 2.90 bits per heavy atom. The number of fused-ring (bicyclic) bond motifs is 1. The van der Waals surface area contributed by atoms with Gasteiger partial charge in [0.05, 0.1) is 8.26 Å². The normalized spacial score (nSPS) is 12.9. The van der Waals surface area contributed by atoms with Crippen LogP contribution in [0, 0.1) is 0 Å². The smallest absolute Gasteiger partial charge is 0.231 e. The summed E-state index contributed by atoms with van der Waals surface area (Å²) in [6.07, 6.45) is 1.04. The van der Waals surface area contributed by atoms with E-state index in [-0.39, 0.29) is 0 Å². The van der Waals surface area contributed by atoms with Crippen LogP contribution in [0.2, 0.25) is 0 Å². The van der Waals surface area contributed by atoms with Crippen molar-refractivity contribution in [1.29, 1.82) is 0 Å². The summed E-state index contributed by atoms with van der Waals surface area (Å²) in [5.74, 6) is 1.62. The molecule has 1 aliphatic rings. The van der Waals surface area contributed by atoms with Crippen molar-refractivity contribution in [3.63, 3.8) is 0 Å². The maximum atomic E-state index is 5.41. The summed E-state index contributed by atoms with van der Waals surface area (Å²) in [5.41, 5.74) is 1.19. The lowest BCUT2D eigenvalue weighted by atomic mass is 10.2. The summed E-state index contributed by atoms with van der Waals surface area (Å²) in [6.45, 7) is 2.08. The van der Waals surface area contributed by atoms with Gasteiger partial charge >= 0.3 is 0 Å². The van der Waals surface area contributed by atoms with Gasteiger partial charge in [-0.05, 0) is 68.1 Å². The molecule has 0 atom stereocenters. The van der Waals surface area contributed by atoms with Crippen LogP contribution in [0.1, 0.15) is 10.4 Å². The largest absolute Gasteiger partial charge is 0.454 e. The highest BCUT2D eigenvalue weighted by Crippen LogP contribution is 2.39. The lowest BCUT2D eigenvalue weighted by Gasteiger charge is -2.07. The third-order valence-electron chi connectivity index (χ3n) is 2.99. The van der Waals surface area contributed by atoms with Gasteiger partial charge in [-0.2, -0.15) is 0 Å². The predicted octanol–water partition coefficient (Wildman–Crippen LogP) is 4.33. The molecule has 0 spiro atoms. The van der Waals surface area contributed by atoms with Gasteiger partial charge in [-0.25, -0.2) is 0 Å². The molecule has 0 amide bonds. The maximum absolute atomic E-state index is 5.41. The molecule has 0 saturated carbocycles. The van der Waals surface area contributed by atoms with E-state index in [0.717, 1.165) is 35.5 Å². The minimum Gasteiger partial charge on any atom is -0.454 e. The molecular weight excluding hydrogens is 406 g/mol. The molecule has 20 heavy (non-hydrogen) atoms. The summed E-state index contributed by atoms with van der Waals surface area (Å²) < 4.78 is 12.9. The zero-order valence-corrected chi connectivity index (χ0v) is 14.6. The zero-order chi connectivity index (χ0) is 13.9. The number of nitrogens with one attached hydrogen (secondary N) is 1. The number of hydrogen-bond acceptors (Lipinski definition) is 4. The minimum absolute atomic E-state index is 0.304. The standard InChI is InChI=1S/C14H13Br2NO2S/c15-11-5-9(6-12-14(11)19-8-18-12)7-17-4-3-10-1-2-13(16)20-10/h1-2,5-6,17H,3-4,7-8H2. The fourth-order valence-corrected chi connectivity index (χ4v) is 4.14. The molecule has 1 aromatic carbocycles. The Morgan fingerprint density at radius 2 is 2.10 bits per heavy atom. The topological polar surface area (TPSA) is 30.5 Å². The molecule has 0 aliphatic carbocycles. The van der Waals surface area contributed by atoms with E-state index in [0.29, 0.717) is 6.79 Å². The number of rotatable bonds is 5. The first-order chi connectivity index (χ1) is 9.72. The van der Waals surface area contributed by atoms with Crippen LogP contribution in [0.5, 0.6) is 11.5 Å². The highest BCUT2D eigenvalue weighted by molar-refractivity contribution is 9.11. The van der Waals surface area contributed by atoms with Crippen LogP contribution in [0.15, 0.2) is 32.5 Å². The van der Waals surface area contributed by atoms with Crippen molar-refractivity contribution in [1.82, 2.24) is 5.32 Å². The summed E-state index contributed by atoms with van der Waals surface area (Å²) in [4.78, 5) is 1.39. The van der Waals surface area contributed by atoms with Crippen molar-refractivity contribution in [2.45, 2.75) is 13.0 Å². The van der Waals surface area contributed by atoms with E-state index >= 15 is 0 Å². The third kappa shape index (κ3) is 3.36. The Labute approximate surface area is 138 Å². The molecule has 0 unspecified atom stereocenters. The SMILES string of the molecule is Brc1ccc(CCNCc2cc(Br)c3c(c2)OCO3)s1. The summed E-state index contributed by atoms with van der Waals surface area (Å²) in [5, 5.41) is 3.45. The number of hydrogen-bond donors (Lipinski definition) is 1. The summed E-state index contributed by atoms with van der Waals surface area (Å²) >= 11 is 8.78. The van der Waals surface area contributed by atoms with Gasteiger partial charge in [0.15, 0.2) is 11.5 Å². The molecular formula is C14H13Br2NO2S. The molecule has 6 heteroatoms. The van der Waals surface area contributed by atoms with Gasteiger partial charge in [-0.15, -0.1) is 11.3 Å². The molecule has 3 rings (SSSR count). The van der Waals surface area contributed by atoms with Crippen LogP contribution >= 0.6 is 43.2 Å². The van der Waals surface area contributed by atoms with Gasteiger partial charge in [-0.1, -0.05) is 0 Å². The fourth-order valence-electron chi connectivity index (χ4n) is 2.05. The first-order valence-corrected chi connectivity index (χ1v) is 8.65. The molecule has 0 saturated heterocycles. The Hall–Kier alpha value is -0.560. The van der Waals surface area contributed by atoms with Gasteiger partial charge in [0.2, 0.25) is 6.79 Å². The first-order valence-electron chi connectivity index (χ1n) is 6.25. The number of ether oxygens (including phenoxy) is 2. The Balaban J connectivity index is 1.52. The molecule has 2 aromatic rings. The van der Waals surface area contributed by atoms with E-state index in [9.17, 15) is 0 Å². The first kappa shape index (κ1) is 14.4. The molecule has 2 heterocycles. The van der Waals surface area contributed by atoms with Crippen molar-refractivity contribution in [2.24, 2.45) is 0 Å². The quantitative estimate of drug-likeness (QED) is 0.732. The van der Waals surface area contributed by atoms with Crippen molar-refractivity contribution in [3.05, 3.63) is 43.0 Å². The molecule has 3 nitrogen and oxygen atoms in total. The van der Waals surface area contributed by atoms with Crippen molar-refractivity contribution in [3.8, 4) is 11.5 Å². The second-order valence-corrected chi connectivity index (χ2v) is 7.85. The molecule has 106 valence electrons. The van der Waals surface area contributed by atoms with Crippen LogP contribution in [-0.4, -0.2) is 13.3 Å². The number of thiophene rings is 1. The third-order valence-corrected chi connectivity index (χ3v) is 5.27. The monoisotopic (exact) mass is 417 g/mol. The second kappa shape index (κ2) is 6.47. The fraction of sp³-hybridized carbons (Fsp3) is 0.286. The molecule has 1 aliphatic heterocycles. The van der Waals surface area contributed by atoms with E-state index in [1.807, 2.05) is 6.07 Å². The number of halogens is 2. The van der Waals surface area contributed by atoms with Crippen LogP contribution in [0.3, 0.4) is 0 Å². The summed E-state index contributed by atoms with van der Waals surface area (Å²) in [7, 11) is 0. The zero-order valence-electron chi connectivity index (χ0n) is 10.6. The van der Waals surface area contributed by atoms with E-state index < -0.39 is 0 Å². The van der Waals surface area contributed by atoms with Gasteiger partial charge in [-0.3, -0.25) is 0 Å². The molecule has 1 N–H and O–H groups in total. The van der Waals surface area contributed by atoms with E-state index in [1.54, 1.807) is 11.3 Å². The van der Waals surface area contributed by atoms with Crippen LogP contribution < -0.4 is 14.8 Å². The van der Waals surface area contributed by atoms with E-state index in [4.69, 9.17) is 9.47 Å². The van der Waals surface area contributed by atoms with Crippen molar-refractivity contribution >= 4 is 43.2 Å². The molecule has 1 aromatic heterocycles. The molecule has 0 bridgehead atoms. The van der Waals surface area contributed by atoms with E-state index in [2.05, 4.69) is 55.4 Å². The highest BCUT2D eigenvalue weighted by Gasteiger charge is 2.17. The lowest BCUT2D eigenvalue weighted by Crippen LogP contribution is -2.16. The summed E-state index contributed by atoms with van der Waals surface area (Å²) in [6, 6.07) is 8.35. The lowest BCUT2D eigenvalue weighted by molar-refractivity contribution is 0.173. The predicted molar refractivity (Wildman–Crippen MR) is 87.7 cm³/mol. The average Bonchev–Trinajstić information content (AvgIpc) is 3.04. The maximum Gasteiger partial charge on any atom is 0.231 e. The minimum atomic E-state index is 0.304. The second-order valence-electron chi connectivity index (χ2n) is 4.44. The van der Waals surface area contributed by atoms with Crippen molar-refractivity contribution < 1.29 is 9.47 Å². The Bertz CT molecular complexity index is 615. The van der Waals surface area contributed by atoms with Gasteiger partial charge < -0.3 is 14.8 Å². The van der Waals surface area contributed by atoms with E-state index in [1.165, 1.54) is 14.2 Å². The Kier molecular flexibility index (Phi) is 4.65. The van der Waals surface area contributed by atoms with Gasteiger partial charge in [0.25, 0.3) is 0 Å². The average molecular weight is 419 g/mol. The Morgan fingerprint density at radius 1 is 1.20 bits per heavy atom. The van der Waals surface area contributed by atoms with Crippen LogP contribution in [0.25, 0.3) is 0 Å². The van der Waals surface area contributed by atoms with Crippen LogP contribution in [0.4, 0.5) is 0 Å². The van der Waals surface area contributed by atoms with Crippen LogP contribution in [-0.2, 0) is 13.0 Å². The molecule has 0 fully saturated rings. The van der Waals surface area contributed by atoms with Gasteiger partial charge in [0.1, 0.15) is 0 Å². The van der Waals surface area contributed by atoms with Gasteiger partial charge in [0, 0.05) is 18.0 Å². The number of benzene rings is 1. The van der Waals surface area contributed by atoms with Crippen molar-refractivity contribution in [2.75, 3.05) is 13.3 Å². The molecule has 0 radical (unpaired) electrons. The highest BCUT2D eigenvalue weighted by atomic mass is 79.9.